The molecule has 0 radical (unpaired) electrons. The van der Waals surface area contributed by atoms with E-state index in [1.807, 2.05) is 13.8 Å². The zero-order chi connectivity index (χ0) is 15.1. The summed E-state index contributed by atoms with van der Waals surface area (Å²) in [6, 6.07) is 6.63. The number of hydrogen-bond acceptors (Lipinski definition) is 4. The summed E-state index contributed by atoms with van der Waals surface area (Å²) in [5.74, 6) is -1.84. The normalized spacial score (nSPS) is 11.3. The summed E-state index contributed by atoms with van der Waals surface area (Å²) < 4.78 is 5.14. The van der Waals surface area contributed by atoms with Gasteiger partial charge in [-0.3, -0.25) is 9.59 Å². The van der Waals surface area contributed by atoms with E-state index in [0.717, 1.165) is 12.0 Å². The molecule has 1 atom stereocenters. The summed E-state index contributed by atoms with van der Waals surface area (Å²) in [5, 5.41) is 11.6. The van der Waals surface area contributed by atoms with Crippen LogP contribution in [0.3, 0.4) is 0 Å². The number of nitriles is 1. The van der Waals surface area contributed by atoms with Crippen LogP contribution in [-0.2, 0) is 4.79 Å². The SMILES string of the molecule is CCCNC(=O)C(C#N)C(=O)c1ccc(C)c(OC)c1. The minimum atomic E-state index is -1.33. The topological polar surface area (TPSA) is 79.2 Å². The van der Waals surface area contributed by atoms with Crippen molar-refractivity contribution in [1.82, 2.24) is 5.32 Å². The molecule has 1 amide bonds. The average Bonchev–Trinajstić information content (AvgIpc) is 2.46. The van der Waals surface area contributed by atoms with Gasteiger partial charge in [0, 0.05) is 12.1 Å². The van der Waals surface area contributed by atoms with Crippen molar-refractivity contribution >= 4 is 11.7 Å². The molecule has 0 aliphatic rings. The summed E-state index contributed by atoms with van der Waals surface area (Å²) in [5.41, 5.74) is 1.18. The number of ether oxygens (including phenoxy) is 1. The lowest BCUT2D eigenvalue weighted by molar-refractivity contribution is -0.122. The zero-order valence-electron chi connectivity index (χ0n) is 11.9. The van der Waals surface area contributed by atoms with E-state index in [-0.39, 0.29) is 0 Å². The molecule has 0 aliphatic heterocycles. The van der Waals surface area contributed by atoms with E-state index in [9.17, 15) is 9.59 Å². The van der Waals surface area contributed by atoms with Gasteiger partial charge >= 0.3 is 0 Å². The molecule has 20 heavy (non-hydrogen) atoms. The molecule has 5 nitrogen and oxygen atoms in total. The van der Waals surface area contributed by atoms with E-state index in [0.29, 0.717) is 17.9 Å². The minimum absolute atomic E-state index is 0.297. The third kappa shape index (κ3) is 3.58. The Hall–Kier alpha value is -2.35. The van der Waals surface area contributed by atoms with Crippen LogP contribution in [0.4, 0.5) is 0 Å². The van der Waals surface area contributed by atoms with Crippen LogP contribution in [0.1, 0.15) is 29.3 Å². The second kappa shape index (κ2) is 7.29. The maximum Gasteiger partial charge on any atom is 0.245 e. The number of nitrogens with one attached hydrogen (secondary N) is 1. The highest BCUT2D eigenvalue weighted by atomic mass is 16.5. The zero-order valence-corrected chi connectivity index (χ0v) is 11.9. The number of nitrogens with zero attached hydrogens (tertiary/aromatic N) is 1. The number of ketones is 1. The molecule has 1 aromatic rings. The first-order chi connectivity index (χ1) is 9.54. The van der Waals surface area contributed by atoms with Crippen molar-refractivity contribution in [2.75, 3.05) is 13.7 Å². The van der Waals surface area contributed by atoms with Crippen molar-refractivity contribution in [2.24, 2.45) is 5.92 Å². The van der Waals surface area contributed by atoms with E-state index >= 15 is 0 Å². The number of carbonyl (C=O) groups is 2. The standard InChI is InChI=1S/C15H18N2O3/c1-4-7-17-15(19)12(9-16)14(18)11-6-5-10(2)13(8-11)20-3/h5-6,8,12H,4,7H2,1-3H3,(H,17,19). The number of amides is 1. The van der Waals surface area contributed by atoms with Gasteiger partial charge in [-0.15, -0.1) is 0 Å². The highest BCUT2D eigenvalue weighted by Gasteiger charge is 2.27. The monoisotopic (exact) mass is 274 g/mol. The lowest BCUT2D eigenvalue weighted by Crippen LogP contribution is -2.35. The van der Waals surface area contributed by atoms with Crippen LogP contribution >= 0.6 is 0 Å². The summed E-state index contributed by atoms with van der Waals surface area (Å²) in [6.07, 6.45) is 0.746. The van der Waals surface area contributed by atoms with Crippen molar-refractivity contribution in [1.29, 1.82) is 5.26 Å². The molecular weight excluding hydrogens is 256 g/mol. The number of hydrogen-bond donors (Lipinski definition) is 1. The van der Waals surface area contributed by atoms with Crippen LogP contribution in [0.25, 0.3) is 0 Å². The van der Waals surface area contributed by atoms with Crippen LogP contribution in [0.2, 0.25) is 0 Å². The first-order valence-electron chi connectivity index (χ1n) is 6.41. The summed E-state index contributed by atoms with van der Waals surface area (Å²) >= 11 is 0. The Morgan fingerprint density at radius 3 is 2.70 bits per heavy atom. The quantitative estimate of drug-likeness (QED) is 0.634. The van der Waals surface area contributed by atoms with Crippen LogP contribution in [0, 0.1) is 24.2 Å². The number of aryl methyl sites for hydroxylation is 1. The van der Waals surface area contributed by atoms with Gasteiger partial charge in [0.15, 0.2) is 11.7 Å². The maximum atomic E-state index is 12.2. The third-order valence-corrected chi connectivity index (χ3v) is 2.90. The molecule has 0 bridgehead atoms. The van der Waals surface area contributed by atoms with Gasteiger partial charge < -0.3 is 10.1 Å². The smallest absolute Gasteiger partial charge is 0.245 e. The van der Waals surface area contributed by atoms with Gasteiger partial charge in [-0.25, -0.2) is 0 Å². The molecule has 1 N–H and O–H groups in total. The Morgan fingerprint density at radius 1 is 1.45 bits per heavy atom. The fraction of sp³-hybridized carbons (Fsp3) is 0.400. The first-order valence-corrected chi connectivity index (χ1v) is 6.41. The number of carbonyl (C=O) groups excluding carboxylic acids is 2. The molecule has 0 aromatic heterocycles. The molecular formula is C15H18N2O3. The summed E-state index contributed by atoms with van der Waals surface area (Å²) in [6.45, 7) is 4.19. The first kappa shape index (κ1) is 15.7. The Morgan fingerprint density at radius 2 is 2.15 bits per heavy atom. The van der Waals surface area contributed by atoms with Gasteiger partial charge in [0.05, 0.1) is 13.2 Å². The summed E-state index contributed by atoms with van der Waals surface area (Å²) in [4.78, 5) is 24.0. The Labute approximate surface area is 118 Å². The predicted octanol–water partition coefficient (Wildman–Crippen LogP) is 1.85. The second-order valence-corrected chi connectivity index (χ2v) is 4.40. The van der Waals surface area contributed by atoms with Gasteiger partial charge in [0.1, 0.15) is 5.75 Å². The Bertz CT molecular complexity index is 547. The Balaban J connectivity index is 2.97. The van der Waals surface area contributed by atoms with E-state index in [1.54, 1.807) is 24.3 Å². The van der Waals surface area contributed by atoms with Crippen molar-refractivity contribution in [3.63, 3.8) is 0 Å². The molecule has 0 heterocycles. The van der Waals surface area contributed by atoms with Gasteiger partial charge in [-0.1, -0.05) is 19.1 Å². The Kier molecular flexibility index (Phi) is 5.73. The van der Waals surface area contributed by atoms with Gasteiger partial charge in [-0.2, -0.15) is 5.26 Å². The molecule has 106 valence electrons. The largest absolute Gasteiger partial charge is 0.496 e. The summed E-state index contributed by atoms with van der Waals surface area (Å²) in [7, 11) is 1.51. The van der Waals surface area contributed by atoms with E-state index < -0.39 is 17.6 Å². The van der Waals surface area contributed by atoms with Gasteiger partial charge in [0.25, 0.3) is 0 Å². The van der Waals surface area contributed by atoms with E-state index in [2.05, 4.69) is 5.32 Å². The maximum absolute atomic E-state index is 12.2. The number of rotatable bonds is 6. The van der Waals surface area contributed by atoms with Gasteiger partial charge in [0.2, 0.25) is 5.91 Å². The molecule has 0 spiro atoms. The third-order valence-electron chi connectivity index (χ3n) is 2.90. The van der Waals surface area contributed by atoms with Crippen LogP contribution in [0.5, 0.6) is 5.75 Å². The van der Waals surface area contributed by atoms with Crippen molar-refractivity contribution < 1.29 is 14.3 Å². The highest BCUT2D eigenvalue weighted by molar-refractivity contribution is 6.12. The fourth-order valence-corrected chi connectivity index (χ4v) is 1.73. The van der Waals surface area contributed by atoms with E-state index in [4.69, 9.17) is 10.00 Å². The van der Waals surface area contributed by atoms with Crippen molar-refractivity contribution in [3.05, 3.63) is 29.3 Å². The molecule has 1 rings (SSSR count). The van der Waals surface area contributed by atoms with Gasteiger partial charge in [-0.05, 0) is 25.0 Å². The van der Waals surface area contributed by atoms with Crippen LogP contribution < -0.4 is 10.1 Å². The molecule has 1 unspecified atom stereocenters. The average molecular weight is 274 g/mol. The van der Waals surface area contributed by atoms with Crippen LogP contribution in [-0.4, -0.2) is 25.3 Å². The number of Topliss-reactive ketones (excluding diaryl/α,β-unsaturated/α-hetero) is 1. The second-order valence-electron chi connectivity index (χ2n) is 4.40. The molecule has 0 fully saturated rings. The molecule has 0 saturated carbocycles. The predicted molar refractivity (Wildman–Crippen MR) is 74.5 cm³/mol. The number of benzene rings is 1. The molecule has 5 heteroatoms. The molecule has 0 saturated heterocycles. The van der Waals surface area contributed by atoms with Crippen molar-refractivity contribution in [3.8, 4) is 11.8 Å². The van der Waals surface area contributed by atoms with E-state index in [1.165, 1.54) is 7.11 Å². The van der Waals surface area contributed by atoms with Crippen molar-refractivity contribution in [2.45, 2.75) is 20.3 Å². The lowest BCUT2D eigenvalue weighted by Gasteiger charge is -2.11. The minimum Gasteiger partial charge on any atom is -0.496 e. The molecule has 0 aliphatic carbocycles. The molecule has 1 aromatic carbocycles. The fourth-order valence-electron chi connectivity index (χ4n) is 1.73. The lowest BCUT2D eigenvalue weighted by atomic mass is 9.97. The number of methoxy groups -OCH3 is 1. The highest BCUT2D eigenvalue weighted by Crippen LogP contribution is 2.21. The van der Waals surface area contributed by atoms with Crippen LogP contribution in [0.15, 0.2) is 18.2 Å².